The van der Waals surface area contributed by atoms with Crippen LogP contribution in [0.15, 0.2) is 24.3 Å². The van der Waals surface area contributed by atoms with Crippen molar-refractivity contribution in [1.82, 2.24) is 20.2 Å². The first-order chi connectivity index (χ1) is 16.8. The molecule has 2 saturated carbocycles. The number of methoxy groups -OCH3 is 1. The number of hydroxylamine groups is 2. The SMILES string of the molecule is COc1ccccc1CCN1C(=O)N(C2CCCCC2)[C@H](N(O)C(=O)NC2CCCCC2)C1(C)C. The Morgan fingerprint density at radius 2 is 1.71 bits per heavy atom. The molecule has 1 atom stereocenters. The number of benzene rings is 1. The molecule has 3 fully saturated rings. The third-order valence-corrected chi connectivity index (χ3v) is 8.18. The Labute approximate surface area is 209 Å². The number of ether oxygens (including phenoxy) is 1. The van der Waals surface area contributed by atoms with Crippen LogP contribution in [0.5, 0.6) is 5.75 Å². The Bertz CT molecular complexity index is 880. The summed E-state index contributed by atoms with van der Waals surface area (Å²) in [6.45, 7) is 4.39. The van der Waals surface area contributed by atoms with Gasteiger partial charge in [0, 0.05) is 18.6 Å². The van der Waals surface area contributed by atoms with Gasteiger partial charge in [-0.2, -0.15) is 5.06 Å². The molecule has 2 aliphatic carbocycles. The molecule has 1 aromatic carbocycles. The van der Waals surface area contributed by atoms with Crippen molar-refractivity contribution in [3.8, 4) is 5.75 Å². The maximum Gasteiger partial charge on any atom is 0.343 e. The van der Waals surface area contributed by atoms with Crippen LogP contribution in [0.4, 0.5) is 9.59 Å². The summed E-state index contributed by atoms with van der Waals surface area (Å²) in [5, 5.41) is 15.1. The zero-order valence-electron chi connectivity index (χ0n) is 21.5. The van der Waals surface area contributed by atoms with Crippen LogP contribution in [0.25, 0.3) is 0 Å². The fourth-order valence-corrected chi connectivity index (χ4v) is 6.23. The number of hydrogen-bond acceptors (Lipinski definition) is 4. The average molecular weight is 487 g/mol. The normalized spacial score (nSPS) is 23.4. The fourth-order valence-electron chi connectivity index (χ4n) is 6.23. The van der Waals surface area contributed by atoms with Crippen molar-refractivity contribution in [2.24, 2.45) is 0 Å². The summed E-state index contributed by atoms with van der Waals surface area (Å²) in [7, 11) is 1.65. The molecule has 3 aliphatic rings. The van der Waals surface area contributed by atoms with Crippen LogP contribution in [0.1, 0.15) is 83.6 Å². The van der Waals surface area contributed by atoms with E-state index >= 15 is 0 Å². The summed E-state index contributed by atoms with van der Waals surface area (Å²) in [5.41, 5.74) is 0.261. The number of para-hydroxylation sites is 1. The summed E-state index contributed by atoms with van der Waals surface area (Å²) in [4.78, 5) is 30.7. The molecule has 8 heteroatoms. The molecule has 1 heterocycles. The van der Waals surface area contributed by atoms with E-state index in [9.17, 15) is 14.8 Å². The first-order valence-electron chi connectivity index (χ1n) is 13.3. The van der Waals surface area contributed by atoms with Crippen molar-refractivity contribution in [2.75, 3.05) is 13.7 Å². The van der Waals surface area contributed by atoms with Crippen LogP contribution in [0.2, 0.25) is 0 Å². The third kappa shape index (κ3) is 5.37. The number of nitrogens with zero attached hydrogens (tertiary/aromatic N) is 3. The molecule has 0 aromatic heterocycles. The molecule has 0 radical (unpaired) electrons. The van der Waals surface area contributed by atoms with Gasteiger partial charge in [-0.15, -0.1) is 0 Å². The van der Waals surface area contributed by atoms with Gasteiger partial charge < -0.3 is 15.0 Å². The molecule has 0 unspecified atom stereocenters. The Morgan fingerprint density at radius 1 is 1.09 bits per heavy atom. The summed E-state index contributed by atoms with van der Waals surface area (Å²) in [5.74, 6) is 0.799. The van der Waals surface area contributed by atoms with Gasteiger partial charge in [0.2, 0.25) is 0 Å². The second kappa shape index (κ2) is 11.1. The van der Waals surface area contributed by atoms with E-state index in [0.717, 1.165) is 74.2 Å². The Balaban J connectivity index is 1.56. The minimum atomic E-state index is -0.769. The second-order valence-corrected chi connectivity index (χ2v) is 10.9. The van der Waals surface area contributed by atoms with E-state index in [1.165, 1.54) is 6.42 Å². The predicted octanol–water partition coefficient (Wildman–Crippen LogP) is 5.15. The average Bonchev–Trinajstić information content (AvgIpc) is 3.07. The van der Waals surface area contributed by atoms with Crippen LogP contribution in [0.3, 0.4) is 0 Å². The fraction of sp³-hybridized carbons (Fsp3) is 0.704. The molecular formula is C27H42N4O4. The Hall–Kier alpha value is -2.48. The molecular weight excluding hydrogens is 444 g/mol. The van der Waals surface area contributed by atoms with Crippen molar-refractivity contribution in [1.29, 1.82) is 0 Å². The topological polar surface area (TPSA) is 85.3 Å². The Kier molecular flexibility index (Phi) is 8.09. The molecule has 194 valence electrons. The highest BCUT2D eigenvalue weighted by Gasteiger charge is 2.57. The first kappa shape index (κ1) is 25.6. The van der Waals surface area contributed by atoms with E-state index in [0.29, 0.717) is 13.0 Å². The number of nitrogens with one attached hydrogen (secondary N) is 1. The van der Waals surface area contributed by atoms with Gasteiger partial charge in [-0.3, -0.25) is 10.1 Å². The lowest BCUT2D eigenvalue weighted by atomic mass is 9.92. The summed E-state index contributed by atoms with van der Waals surface area (Å²) >= 11 is 0. The van der Waals surface area contributed by atoms with Crippen molar-refractivity contribution in [3.63, 3.8) is 0 Å². The Morgan fingerprint density at radius 3 is 2.37 bits per heavy atom. The van der Waals surface area contributed by atoms with Gasteiger partial charge in [-0.05, 0) is 57.6 Å². The van der Waals surface area contributed by atoms with E-state index in [-0.39, 0.29) is 18.1 Å². The van der Waals surface area contributed by atoms with E-state index in [4.69, 9.17) is 4.74 Å². The maximum atomic E-state index is 13.9. The van der Waals surface area contributed by atoms with Crippen LogP contribution in [-0.2, 0) is 6.42 Å². The summed E-state index contributed by atoms with van der Waals surface area (Å²) < 4.78 is 5.50. The highest BCUT2D eigenvalue weighted by molar-refractivity contribution is 5.81. The zero-order chi connectivity index (χ0) is 25.0. The van der Waals surface area contributed by atoms with Crippen molar-refractivity contribution in [3.05, 3.63) is 29.8 Å². The molecule has 1 aromatic rings. The zero-order valence-corrected chi connectivity index (χ0v) is 21.5. The molecule has 4 amide bonds. The van der Waals surface area contributed by atoms with Crippen LogP contribution in [0, 0.1) is 0 Å². The third-order valence-electron chi connectivity index (χ3n) is 8.18. The second-order valence-electron chi connectivity index (χ2n) is 10.9. The van der Waals surface area contributed by atoms with Gasteiger partial charge in [0.15, 0.2) is 6.17 Å². The van der Waals surface area contributed by atoms with E-state index in [2.05, 4.69) is 5.32 Å². The molecule has 4 rings (SSSR count). The van der Waals surface area contributed by atoms with Crippen molar-refractivity contribution < 1.29 is 19.5 Å². The number of hydrogen-bond donors (Lipinski definition) is 2. The highest BCUT2D eigenvalue weighted by atomic mass is 16.5. The van der Waals surface area contributed by atoms with Crippen molar-refractivity contribution >= 4 is 12.1 Å². The summed E-state index contributed by atoms with van der Waals surface area (Å²) in [6, 6.07) is 7.33. The first-order valence-corrected chi connectivity index (χ1v) is 13.3. The van der Waals surface area contributed by atoms with Gasteiger partial charge in [-0.1, -0.05) is 56.7 Å². The number of carbonyl (C=O) groups excluding carboxylic acids is 2. The van der Waals surface area contributed by atoms with Crippen LogP contribution >= 0.6 is 0 Å². The van der Waals surface area contributed by atoms with Gasteiger partial charge in [0.1, 0.15) is 5.75 Å². The molecule has 35 heavy (non-hydrogen) atoms. The minimum Gasteiger partial charge on any atom is -0.496 e. The molecule has 1 saturated heterocycles. The highest BCUT2D eigenvalue weighted by Crippen LogP contribution is 2.39. The molecule has 8 nitrogen and oxygen atoms in total. The lowest BCUT2D eigenvalue weighted by Crippen LogP contribution is -2.61. The lowest BCUT2D eigenvalue weighted by Gasteiger charge is -2.42. The minimum absolute atomic E-state index is 0.0221. The monoisotopic (exact) mass is 486 g/mol. The van der Waals surface area contributed by atoms with Gasteiger partial charge in [0.05, 0.1) is 12.6 Å². The number of rotatable bonds is 7. The smallest absolute Gasteiger partial charge is 0.343 e. The quantitative estimate of drug-likeness (QED) is 0.412. The summed E-state index contributed by atoms with van der Waals surface area (Å²) in [6.07, 6.45) is 10.2. The van der Waals surface area contributed by atoms with E-state index < -0.39 is 17.7 Å². The number of amides is 4. The van der Waals surface area contributed by atoms with Gasteiger partial charge >= 0.3 is 12.1 Å². The van der Waals surface area contributed by atoms with Crippen LogP contribution < -0.4 is 10.1 Å². The van der Waals surface area contributed by atoms with Crippen LogP contribution in [-0.4, -0.2) is 69.6 Å². The molecule has 0 bridgehead atoms. The molecule has 1 aliphatic heterocycles. The molecule has 2 N–H and O–H groups in total. The van der Waals surface area contributed by atoms with Gasteiger partial charge in [0.25, 0.3) is 0 Å². The largest absolute Gasteiger partial charge is 0.496 e. The number of carbonyl (C=O) groups is 2. The predicted molar refractivity (Wildman–Crippen MR) is 134 cm³/mol. The molecule has 0 spiro atoms. The van der Waals surface area contributed by atoms with E-state index in [1.54, 1.807) is 12.0 Å². The lowest BCUT2D eigenvalue weighted by molar-refractivity contribution is -0.141. The number of urea groups is 2. The van der Waals surface area contributed by atoms with Crippen molar-refractivity contribution in [2.45, 2.75) is 108 Å². The van der Waals surface area contributed by atoms with Gasteiger partial charge in [-0.25, -0.2) is 9.59 Å². The standard InChI is InChI=1S/C27H42N4O4/c1-27(2)24(31(34)25(32)28-21-13-6-4-7-14-21)30(22-15-8-5-9-16-22)26(33)29(27)19-18-20-12-10-11-17-23(20)35-3/h10-12,17,21-22,24,34H,4-9,13-16,18-19H2,1-3H3,(H,28,32)/t24-/m1/s1. The van der Waals surface area contributed by atoms with E-state index in [1.807, 2.05) is 43.0 Å². The maximum absolute atomic E-state index is 13.9.